The Kier molecular flexibility index (Phi) is 6.78. The second kappa shape index (κ2) is 9.59. The molecule has 0 atom stereocenters. The predicted octanol–water partition coefficient (Wildman–Crippen LogP) is 3.14. The van der Waals surface area contributed by atoms with E-state index < -0.39 is 5.91 Å². The number of nitrogens with one attached hydrogen (secondary N) is 1. The van der Waals surface area contributed by atoms with Crippen molar-refractivity contribution in [3.8, 4) is 11.8 Å². The number of hydrogen-bond acceptors (Lipinski definition) is 4. The van der Waals surface area contributed by atoms with Gasteiger partial charge in [0.15, 0.2) is 0 Å². The zero-order valence-electron chi connectivity index (χ0n) is 13.1. The minimum absolute atomic E-state index is 0.222. The maximum atomic E-state index is 11.2. The largest absolute Gasteiger partial charge is 0.489 e. The maximum absolute atomic E-state index is 11.2. The van der Waals surface area contributed by atoms with Crippen LogP contribution in [0.25, 0.3) is 6.08 Å². The molecule has 0 radical (unpaired) electrons. The van der Waals surface area contributed by atoms with Crippen LogP contribution in [0.3, 0.4) is 0 Å². The number of nitrogens with zero attached hydrogens (tertiary/aromatic N) is 2. The Morgan fingerprint density at radius 3 is 2.71 bits per heavy atom. The molecule has 0 aromatic heterocycles. The highest BCUT2D eigenvalue weighted by atomic mass is 16.5. The van der Waals surface area contributed by atoms with Crippen molar-refractivity contribution in [2.24, 2.45) is 5.10 Å². The highest BCUT2D eigenvalue weighted by Crippen LogP contribution is 2.15. The van der Waals surface area contributed by atoms with Gasteiger partial charge in [-0.25, -0.2) is 5.43 Å². The first-order valence-corrected chi connectivity index (χ1v) is 7.42. The smallest absolute Gasteiger partial charge is 0.254 e. The van der Waals surface area contributed by atoms with Crippen molar-refractivity contribution in [1.29, 1.82) is 5.26 Å². The van der Waals surface area contributed by atoms with Crippen molar-refractivity contribution in [2.75, 3.05) is 6.61 Å². The normalized spacial score (nSPS) is 10.6. The summed E-state index contributed by atoms with van der Waals surface area (Å²) in [7, 11) is 0. The molecule has 24 heavy (non-hydrogen) atoms. The molecule has 0 spiro atoms. The van der Waals surface area contributed by atoms with E-state index in [1.165, 1.54) is 6.21 Å². The molecule has 0 aliphatic rings. The summed E-state index contributed by atoms with van der Waals surface area (Å²) in [4.78, 5) is 11.2. The van der Waals surface area contributed by atoms with Crippen LogP contribution in [-0.2, 0) is 4.79 Å². The van der Waals surface area contributed by atoms with Gasteiger partial charge in [-0.05, 0) is 23.8 Å². The molecule has 2 aromatic rings. The fourth-order valence-electron chi connectivity index (χ4n) is 1.89. The number of carbonyl (C=O) groups is 1. The first-order chi connectivity index (χ1) is 11.8. The number of para-hydroxylation sites is 1. The van der Waals surface area contributed by atoms with E-state index in [2.05, 4.69) is 10.5 Å². The molecule has 2 aromatic carbocycles. The summed E-state index contributed by atoms with van der Waals surface area (Å²) in [6, 6.07) is 19.1. The Bertz CT molecular complexity index is 762. The third kappa shape index (κ3) is 5.78. The monoisotopic (exact) mass is 319 g/mol. The minimum atomic E-state index is -0.446. The van der Waals surface area contributed by atoms with Gasteiger partial charge in [0.05, 0.1) is 12.3 Å². The molecule has 5 nitrogen and oxygen atoms in total. The van der Waals surface area contributed by atoms with Crippen LogP contribution in [0.15, 0.2) is 65.8 Å². The van der Waals surface area contributed by atoms with Crippen molar-refractivity contribution in [3.63, 3.8) is 0 Å². The number of carbonyl (C=O) groups excluding carboxylic acids is 1. The second-order valence-electron chi connectivity index (χ2n) is 4.79. The molecule has 120 valence electrons. The lowest BCUT2D eigenvalue weighted by molar-refractivity contribution is -0.120. The molecule has 2 rings (SSSR count). The lowest BCUT2D eigenvalue weighted by Crippen LogP contribution is -2.16. The fraction of sp³-hybridized carbons (Fsp3) is 0.105. The zero-order valence-corrected chi connectivity index (χ0v) is 13.1. The van der Waals surface area contributed by atoms with E-state index in [-0.39, 0.29) is 6.42 Å². The SMILES string of the molecule is N#CCC(=O)NN=Cc1ccccc1OC/C=C/c1ccccc1. The van der Waals surface area contributed by atoms with Crippen LogP contribution in [0.2, 0.25) is 0 Å². The number of ether oxygens (including phenoxy) is 1. The van der Waals surface area contributed by atoms with E-state index >= 15 is 0 Å². The third-order valence-electron chi connectivity index (χ3n) is 3.00. The fourth-order valence-corrected chi connectivity index (χ4v) is 1.89. The van der Waals surface area contributed by atoms with Gasteiger partial charge in [0, 0.05) is 5.56 Å². The van der Waals surface area contributed by atoms with Gasteiger partial charge in [-0.15, -0.1) is 0 Å². The van der Waals surface area contributed by atoms with Crippen molar-refractivity contribution in [3.05, 3.63) is 71.8 Å². The first kappa shape index (κ1) is 17.0. The van der Waals surface area contributed by atoms with Gasteiger partial charge in [-0.3, -0.25) is 4.79 Å². The molecular formula is C19H17N3O2. The van der Waals surface area contributed by atoms with Gasteiger partial charge in [0.25, 0.3) is 5.91 Å². The van der Waals surface area contributed by atoms with Crippen LogP contribution in [0.5, 0.6) is 5.75 Å². The predicted molar refractivity (Wildman–Crippen MR) is 93.4 cm³/mol. The van der Waals surface area contributed by atoms with Gasteiger partial charge in [-0.1, -0.05) is 48.5 Å². The van der Waals surface area contributed by atoms with Crippen LogP contribution in [-0.4, -0.2) is 18.7 Å². The Labute approximate surface area is 140 Å². The van der Waals surface area contributed by atoms with Crippen molar-refractivity contribution in [2.45, 2.75) is 6.42 Å². The molecule has 0 saturated carbocycles. The van der Waals surface area contributed by atoms with Gasteiger partial charge >= 0.3 is 0 Å². The summed E-state index contributed by atoms with van der Waals surface area (Å²) in [5.41, 5.74) is 4.13. The molecular weight excluding hydrogens is 302 g/mol. The molecule has 0 fully saturated rings. The van der Waals surface area contributed by atoms with Crippen molar-refractivity contribution in [1.82, 2.24) is 5.43 Å². The van der Waals surface area contributed by atoms with E-state index in [1.54, 1.807) is 6.07 Å². The number of amides is 1. The molecule has 5 heteroatoms. The van der Waals surface area contributed by atoms with Gasteiger partial charge in [0.2, 0.25) is 0 Å². The summed E-state index contributed by atoms with van der Waals surface area (Å²) in [6.45, 7) is 0.417. The summed E-state index contributed by atoms with van der Waals surface area (Å²) < 4.78 is 5.72. The Morgan fingerprint density at radius 2 is 1.92 bits per heavy atom. The van der Waals surface area contributed by atoms with Crippen LogP contribution in [0.1, 0.15) is 17.5 Å². The zero-order chi connectivity index (χ0) is 17.0. The Morgan fingerprint density at radius 1 is 1.17 bits per heavy atom. The number of benzene rings is 2. The average molecular weight is 319 g/mol. The summed E-state index contributed by atoms with van der Waals surface area (Å²) in [5.74, 6) is 0.214. The van der Waals surface area contributed by atoms with E-state index in [0.29, 0.717) is 12.4 Å². The maximum Gasteiger partial charge on any atom is 0.254 e. The van der Waals surface area contributed by atoms with Crippen molar-refractivity contribution < 1.29 is 9.53 Å². The van der Waals surface area contributed by atoms with E-state index in [4.69, 9.17) is 10.00 Å². The van der Waals surface area contributed by atoms with Crippen LogP contribution >= 0.6 is 0 Å². The highest BCUT2D eigenvalue weighted by molar-refractivity contribution is 5.85. The summed E-state index contributed by atoms with van der Waals surface area (Å²) in [5, 5.41) is 12.2. The molecule has 1 amide bonds. The van der Waals surface area contributed by atoms with Crippen LogP contribution in [0, 0.1) is 11.3 Å². The number of hydrogen-bond donors (Lipinski definition) is 1. The number of nitriles is 1. The number of rotatable bonds is 7. The molecule has 1 N–H and O–H groups in total. The second-order valence-corrected chi connectivity index (χ2v) is 4.79. The summed E-state index contributed by atoms with van der Waals surface area (Å²) in [6.07, 6.45) is 5.18. The van der Waals surface area contributed by atoms with E-state index in [9.17, 15) is 4.79 Å². The Balaban J connectivity index is 1.91. The molecule has 0 aliphatic carbocycles. The molecule has 0 unspecified atom stereocenters. The van der Waals surface area contributed by atoms with Gasteiger partial charge in [-0.2, -0.15) is 10.4 Å². The quantitative estimate of drug-likeness (QED) is 0.629. The van der Waals surface area contributed by atoms with E-state index in [1.807, 2.05) is 66.7 Å². The molecule has 0 aliphatic heterocycles. The lowest BCUT2D eigenvalue weighted by Gasteiger charge is -2.06. The number of hydrazone groups is 1. The first-order valence-electron chi connectivity index (χ1n) is 7.42. The van der Waals surface area contributed by atoms with Crippen molar-refractivity contribution >= 4 is 18.2 Å². The lowest BCUT2D eigenvalue weighted by atomic mass is 10.2. The van der Waals surface area contributed by atoms with Gasteiger partial charge < -0.3 is 4.74 Å². The molecule has 0 bridgehead atoms. The molecule has 0 heterocycles. The van der Waals surface area contributed by atoms with E-state index in [0.717, 1.165) is 11.1 Å². The highest BCUT2D eigenvalue weighted by Gasteiger charge is 2.00. The van der Waals surface area contributed by atoms with Crippen LogP contribution < -0.4 is 10.2 Å². The summed E-state index contributed by atoms with van der Waals surface area (Å²) >= 11 is 0. The average Bonchev–Trinajstić information content (AvgIpc) is 2.61. The molecule has 0 saturated heterocycles. The topological polar surface area (TPSA) is 74.5 Å². The van der Waals surface area contributed by atoms with Gasteiger partial charge in [0.1, 0.15) is 18.8 Å². The Hall–Kier alpha value is -3.39. The third-order valence-corrected chi connectivity index (χ3v) is 3.00. The minimum Gasteiger partial charge on any atom is -0.489 e. The van der Waals surface area contributed by atoms with Crippen LogP contribution in [0.4, 0.5) is 0 Å². The standard InChI is InChI=1S/C19H17N3O2/c20-13-12-19(23)22-21-15-17-10-4-5-11-18(17)24-14-6-9-16-7-2-1-3-8-16/h1-11,15H,12,14H2,(H,22,23)/b9-6+,21-15?.